The van der Waals surface area contributed by atoms with Crippen molar-refractivity contribution in [3.05, 3.63) is 36.0 Å². The minimum absolute atomic E-state index is 0.368. The zero-order chi connectivity index (χ0) is 13.2. The van der Waals surface area contributed by atoms with Crippen LogP contribution in [-0.2, 0) is 6.54 Å². The molecule has 1 aromatic carbocycles. The first-order chi connectivity index (χ1) is 8.48. The van der Waals surface area contributed by atoms with Crippen LogP contribution in [0.2, 0.25) is 0 Å². The lowest BCUT2D eigenvalue weighted by Gasteiger charge is -2.27. The number of benzene rings is 1. The van der Waals surface area contributed by atoms with E-state index >= 15 is 0 Å². The van der Waals surface area contributed by atoms with Crippen LogP contribution in [0.15, 0.2) is 30.5 Å². The average Bonchev–Trinajstić information content (AvgIpc) is 2.71. The van der Waals surface area contributed by atoms with E-state index < -0.39 is 0 Å². The van der Waals surface area contributed by atoms with Gasteiger partial charge in [0, 0.05) is 23.6 Å². The molecule has 0 fully saturated rings. The second kappa shape index (κ2) is 5.15. The third-order valence-electron chi connectivity index (χ3n) is 3.92. The van der Waals surface area contributed by atoms with Gasteiger partial charge < -0.3 is 10.3 Å². The molecule has 1 unspecified atom stereocenters. The third kappa shape index (κ3) is 2.94. The average molecular weight is 244 g/mol. The molecule has 2 heteroatoms. The summed E-state index contributed by atoms with van der Waals surface area (Å²) in [6, 6.07) is 8.46. The molecule has 2 nitrogen and oxygen atoms in total. The Morgan fingerprint density at radius 3 is 2.67 bits per heavy atom. The maximum atomic E-state index is 3.57. The van der Waals surface area contributed by atoms with Crippen LogP contribution in [0.5, 0.6) is 0 Å². The topological polar surface area (TPSA) is 27.8 Å². The Kier molecular flexibility index (Phi) is 3.76. The van der Waals surface area contributed by atoms with Gasteiger partial charge in [-0.1, -0.05) is 45.9 Å². The summed E-state index contributed by atoms with van der Waals surface area (Å²) in [6.07, 6.45) is 2.11. The van der Waals surface area contributed by atoms with Gasteiger partial charge in [-0.05, 0) is 29.5 Å². The molecule has 2 rings (SSSR count). The molecule has 0 saturated carbocycles. The predicted molar refractivity (Wildman–Crippen MR) is 78.6 cm³/mol. The van der Waals surface area contributed by atoms with E-state index in [1.54, 1.807) is 0 Å². The first-order valence-electron chi connectivity index (χ1n) is 6.74. The monoisotopic (exact) mass is 244 g/mol. The van der Waals surface area contributed by atoms with E-state index in [9.17, 15) is 0 Å². The summed E-state index contributed by atoms with van der Waals surface area (Å²) in [5.74, 6) is 0.669. The highest BCUT2D eigenvalue weighted by atomic mass is 14.9. The summed E-state index contributed by atoms with van der Waals surface area (Å²) < 4.78 is 0. The van der Waals surface area contributed by atoms with Crippen LogP contribution in [-0.4, -0.2) is 11.5 Å². The number of aromatic nitrogens is 1. The fourth-order valence-electron chi connectivity index (χ4n) is 2.01. The molecular weight excluding hydrogens is 220 g/mol. The van der Waals surface area contributed by atoms with Crippen molar-refractivity contribution in [1.29, 1.82) is 0 Å². The molecule has 1 atom stereocenters. The predicted octanol–water partition coefficient (Wildman–Crippen LogP) is 3.94. The Balaban J connectivity index is 1.95. The van der Waals surface area contributed by atoms with Crippen LogP contribution in [0.25, 0.3) is 10.9 Å². The number of aromatic amines is 1. The zero-order valence-corrected chi connectivity index (χ0v) is 11.9. The van der Waals surface area contributed by atoms with Gasteiger partial charge in [-0.2, -0.15) is 0 Å². The SMILES string of the molecule is CC(CNCc1c[nH]c2ccccc12)C(C)(C)C. The van der Waals surface area contributed by atoms with Gasteiger partial charge in [0.1, 0.15) is 0 Å². The molecule has 0 amide bonds. The Morgan fingerprint density at radius 1 is 1.22 bits per heavy atom. The number of hydrogen-bond acceptors (Lipinski definition) is 1. The first kappa shape index (κ1) is 13.2. The number of rotatable bonds is 4. The normalized spacial score (nSPS) is 14.0. The van der Waals surface area contributed by atoms with E-state index in [-0.39, 0.29) is 0 Å². The molecule has 0 radical (unpaired) electrons. The highest BCUT2D eigenvalue weighted by Gasteiger charge is 2.19. The molecule has 18 heavy (non-hydrogen) atoms. The van der Waals surface area contributed by atoms with Crippen molar-refractivity contribution in [2.75, 3.05) is 6.54 Å². The van der Waals surface area contributed by atoms with Gasteiger partial charge in [0.25, 0.3) is 0 Å². The van der Waals surface area contributed by atoms with Crippen molar-refractivity contribution in [3.63, 3.8) is 0 Å². The summed E-state index contributed by atoms with van der Waals surface area (Å²) in [6.45, 7) is 11.2. The molecule has 1 aromatic heterocycles. The second-order valence-corrected chi connectivity index (χ2v) is 6.26. The standard InChI is InChI=1S/C16H24N2/c1-12(16(2,3)4)9-17-10-13-11-18-15-8-6-5-7-14(13)15/h5-8,11-12,17-18H,9-10H2,1-4H3. The quantitative estimate of drug-likeness (QED) is 0.837. The van der Waals surface area contributed by atoms with Gasteiger partial charge in [-0.3, -0.25) is 0 Å². The van der Waals surface area contributed by atoms with Crippen molar-refractivity contribution in [2.24, 2.45) is 11.3 Å². The highest BCUT2D eigenvalue weighted by molar-refractivity contribution is 5.82. The van der Waals surface area contributed by atoms with Crippen LogP contribution in [0.1, 0.15) is 33.3 Å². The Morgan fingerprint density at radius 2 is 1.94 bits per heavy atom. The molecule has 0 aliphatic carbocycles. The maximum Gasteiger partial charge on any atom is 0.0457 e. The summed E-state index contributed by atoms with van der Waals surface area (Å²) in [4.78, 5) is 3.32. The van der Waals surface area contributed by atoms with Crippen LogP contribution < -0.4 is 5.32 Å². The van der Waals surface area contributed by atoms with E-state index in [1.807, 2.05) is 0 Å². The number of nitrogens with one attached hydrogen (secondary N) is 2. The summed E-state index contributed by atoms with van der Waals surface area (Å²) in [5, 5.41) is 4.89. The molecule has 2 aromatic rings. The van der Waals surface area contributed by atoms with E-state index in [1.165, 1.54) is 16.5 Å². The van der Waals surface area contributed by atoms with Gasteiger partial charge in [-0.25, -0.2) is 0 Å². The van der Waals surface area contributed by atoms with Crippen molar-refractivity contribution >= 4 is 10.9 Å². The molecular formula is C16H24N2. The number of fused-ring (bicyclic) bond motifs is 1. The van der Waals surface area contributed by atoms with E-state index in [2.05, 4.69) is 68.5 Å². The highest BCUT2D eigenvalue weighted by Crippen LogP contribution is 2.24. The lowest BCUT2D eigenvalue weighted by molar-refractivity contribution is 0.252. The third-order valence-corrected chi connectivity index (χ3v) is 3.92. The van der Waals surface area contributed by atoms with Gasteiger partial charge in [0.05, 0.1) is 0 Å². The van der Waals surface area contributed by atoms with Gasteiger partial charge >= 0.3 is 0 Å². The van der Waals surface area contributed by atoms with Crippen LogP contribution in [0, 0.1) is 11.3 Å². The maximum absolute atomic E-state index is 3.57. The van der Waals surface area contributed by atoms with Crippen LogP contribution in [0.3, 0.4) is 0 Å². The van der Waals surface area contributed by atoms with E-state index in [0.717, 1.165) is 13.1 Å². The van der Waals surface area contributed by atoms with Gasteiger partial charge in [-0.15, -0.1) is 0 Å². The minimum atomic E-state index is 0.368. The zero-order valence-electron chi connectivity index (χ0n) is 11.9. The second-order valence-electron chi connectivity index (χ2n) is 6.26. The van der Waals surface area contributed by atoms with E-state index in [0.29, 0.717) is 11.3 Å². The smallest absolute Gasteiger partial charge is 0.0457 e. The number of hydrogen-bond donors (Lipinski definition) is 2. The lowest BCUT2D eigenvalue weighted by atomic mass is 9.82. The van der Waals surface area contributed by atoms with E-state index in [4.69, 9.17) is 0 Å². The fourth-order valence-corrected chi connectivity index (χ4v) is 2.01. The molecule has 0 aliphatic rings. The summed E-state index contributed by atoms with van der Waals surface area (Å²) >= 11 is 0. The lowest BCUT2D eigenvalue weighted by Crippen LogP contribution is -2.29. The number of H-pyrrole nitrogens is 1. The van der Waals surface area contributed by atoms with Gasteiger partial charge in [0.2, 0.25) is 0 Å². The van der Waals surface area contributed by atoms with Crippen LogP contribution in [0.4, 0.5) is 0 Å². The Bertz CT molecular complexity index is 505. The van der Waals surface area contributed by atoms with Crippen molar-refractivity contribution in [2.45, 2.75) is 34.2 Å². The molecule has 0 spiro atoms. The van der Waals surface area contributed by atoms with Gasteiger partial charge in [0.15, 0.2) is 0 Å². The molecule has 0 bridgehead atoms. The largest absolute Gasteiger partial charge is 0.361 e. The Hall–Kier alpha value is -1.28. The summed E-state index contributed by atoms with van der Waals surface area (Å²) in [7, 11) is 0. The van der Waals surface area contributed by atoms with Crippen LogP contribution >= 0.6 is 0 Å². The van der Waals surface area contributed by atoms with Crippen molar-refractivity contribution in [1.82, 2.24) is 10.3 Å². The summed E-state index contributed by atoms with van der Waals surface area (Å²) in [5.41, 5.74) is 2.94. The fraction of sp³-hybridized carbons (Fsp3) is 0.500. The van der Waals surface area contributed by atoms with Crippen molar-refractivity contribution < 1.29 is 0 Å². The number of para-hydroxylation sites is 1. The Labute approximate surface area is 110 Å². The first-order valence-corrected chi connectivity index (χ1v) is 6.74. The molecule has 1 heterocycles. The van der Waals surface area contributed by atoms with Crippen molar-refractivity contribution in [3.8, 4) is 0 Å². The minimum Gasteiger partial charge on any atom is -0.361 e. The molecule has 0 aliphatic heterocycles. The molecule has 2 N–H and O–H groups in total. The molecule has 98 valence electrons. The molecule has 0 saturated heterocycles.